The van der Waals surface area contributed by atoms with E-state index >= 15 is 0 Å². The molecule has 1 aliphatic heterocycles. The summed E-state index contributed by atoms with van der Waals surface area (Å²) in [5.74, 6) is 3.29. The highest BCUT2D eigenvalue weighted by Crippen LogP contribution is 2.35. The van der Waals surface area contributed by atoms with Crippen molar-refractivity contribution >= 4 is 12.6 Å². The second-order valence-electron chi connectivity index (χ2n) is 3.29. The Kier molecular flexibility index (Phi) is 3.61. The molecule has 0 amide bonds. The molecule has 82 valence electrons. The lowest BCUT2D eigenvalue weighted by Gasteiger charge is -2.05. The highest BCUT2D eigenvalue weighted by Gasteiger charge is 2.13. The molecule has 2 rings (SSSR count). The zero-order valence-electron chi connectivity index (χ0n) is 8.44. The van der Waals surface area contributed by atoms with E-state index in [0.717, 1.165) is 42.4 Å². The van der Waals surface area contributed by atoms with Gasteiger partial charge < -0.3 is 14.2 Å². The van der Waals surface area contributed by atoms with Gasteiger partial charge in [0.05, 0.1) is 6.61 Å². The van der Waals surface area contributed by atoms with E-state index in [1.807, 2.05) is 18.2 Å². The predicted molar refractivity (Wildman–Crippen MR) is 61.1 cm³/mol. The van der Waals surface area contributed by atoms with E-state index in [1.165, 1.54) is 0 Å². The molecule has 3 nitrogen and oxygen atoms in total. The zero-order chi connectivity index (χ0) is 10.5. The van der Waals surface area contributed by atoms with Crippen LogP contribution in [0.15, 0.2) is 18.2 Å². The van der Waals surface area contributed by atoms with Crippen LogP contribution in [0.5, 0.6) is 17.2 Å². The second kappa shape index (κ2) is 5.16. The number of hydrogen-bond acceptors (Lipinski definition) is 4. The Morgan fingerprint density at radius 3 is 2.93 bits per heavy atom. The van der Waals surface area contributed by atoms with E-state index in [0.29, 0.717) is 6.79 Å². The first-order chi connectivity index (χ1) is 7.40. The lowest BCUT2D eigenvalue weighted by molar-refractivity contribution is 0.173. The summed E-state index contributed by atoms with van der Waals surface area (Å²) in [7, 11) is 0. The van der Waals surface area contributed by atoms with Gasteiger partial charge in [0, 0.05) is 6.07 Å². The Morgan fingerprint density at radius 1 is 1.20 bits per heavy atom. The Morgan fingerprint density at radius 2 is 2.07 bits per heavy atom. The van der Waals surface area contributed by atoms with Gasteiger partial charge in [0.15, 0.2) is 11.5 Å². The van der Waals surface area contributed by atoms with Crippen molar-refractivity contribution in [3.63, 3.8) is 0 Å². The number of hydrogen-bond donors (Lipinski definition) is 1. The predicted octanol–water partition coefficient (Wildman–Crippen LogP) is 2.50. The Hall–Kier alpha value is -1.03. The number of unbranched alkanes of at least 4 members (excludes halogenated alkanes) is 1. The molecule has 0 bridgehead atoms. The van der Waals surface area contributed by atoms with Gasteiger partial charge >= 0.3 is 0 Å². The van der Waals surface area contributed by atoms with Crippen LogP contribution in [0.2, 0.25) is 0 Å². The van der Waals surface area contributed by atoms with Crippen molar-refractivity contribution in [2.24, 2.45) is 0 Å². The van der Waals surface area contributed by atoms with Gasteiger partial charge in [0.1, 0.15) is 5.75 Å². The largest absolute Gasteiger partial charge is 0.493 e. The maximum absolute atomic E-state index is 5.56. The normalized spacial score (nSPS) is 12.9. The molecule has 0 atom stereocenters. The van der Waals surface area contributed by atoms with Crippen LogP contribution in [0.4, 0.5) is 0 Å². The maximum atomic E-state index is 5.56. The van der Waals surface area contributed by atoms with Crippen molar-refractivity contribution in [3.8, 4) is 17.2 Å². The number of thiol groups is 1. The van der Waals surface area contributed by atoms with Crippen LogP contribution < -0.4 is 14.2 Å². The molecule has 0 spiro atoms. The molecule has 0 unspecified atom stereocenters. The third-order valence-electron chi connectivity index (χ3n) is 2.17. The Balaban J connectivity index is 1.87. The first-order valence-electron chi connectivity index (χ1n) is 5.03. The minimum atomic E-state index is 0.304. The van der Waals surface area contributed by atoms with Gasteiger partial charge in [-0.3, -0.25) is 0 Å². The van der Waals surface area contributed by atoms with Crippen LogP contribution >= 0.6 is 12.6 Å². The third kappa shape index (κ3) is 2.72. The van der Waals surface area contributed by atoms with Crippen molar-refractivity contribution in [2.75, 3.05) is 19.2 Å². The summed E-state index contributed by atoms with van der Waals surface area (Å²) in [6, 6.07) is 5.63. The summed E-state index contributed by atoms with van der Waals surface area (Å²) < 4.78 is 16.0. The van der Waals surface area contributed by atoms with Gasteiger partial charge in [-0.1, -0.05) is 0 Å². The van der Waals surface area contributed by atoms with Gasteiger partial charge in [0.25, 0.3) is 0 Å². The van der Waals surface area contributed by atoms with E-state index in [9.17, 15) is 0 Å². The first-order valence-corrected chi connectivity index (χ1v) is 5.67. The SMILES string of the molecule is SCCCCOc1ccc2c(c1)OCO2. The zero-order valence-corrected chi connectivity index (χ0v) is 9.33. The van der Waals surface area contributed by atoms with Crippen molar-refractivity contribution in [3.05, 3.63) is 18.2 Å². The van der Waals surface area contributed by atoms with E-state index in [2.05, 4.69) is 12.6 Å². The number of rotatable bonds is 5. The molecule has 15 heavy (non-hydrogen) atoms. The average molecular weight is 226 g/mol. The molecule has 1 aromatic carbocycles. The highest BCUT2D eigenvalue weighted by atomic mass is 32.1. The summed E-state index contributed by atoms with van der Waals surface area (Å²) >= 11 is 4.14. The molecule has 4 heteroatoms. The fraction of sp³-hybridized carbons (Fsp3) is 0.455. The topological polar surface area (TPSA) is 27.7 Å². The first kappa shape index (κ1) is 10.5. The molecule has 0 saturated heterocycles. The lowest BCUT2D eigenvalue weighted by atomic mass is 10.3. The average Bonchev–Trinajstić information content (AvgIpc) is 2.71. The van der Waals surface area contributed by atoms with Gasteiger partial charge in [0.2, 0.25) is 6.79 Å². The summed E-state index contributed by atoms with van der Waals surface area (Å²) in [6.07, 6.45) is 2.10. The monoisotopic (exact) mass is 226 g/mol. The minimum absolute atomic E-state index is 0.304. The standard InChI is InChI=1S/C11H14O3S/c15-6-2-1-5-12-9-3-4-10-11(7-9)14-8-13-10/h3-4,7,15H,1-2,5-6,8H2. The van der Waals surface area contributed by atoms with Crippen LogP contribution in [0.3, 0.4) is 0 Å². The summed E-state index contributed by atoms with van der Waals surface area (Å²) in [5.41, 5.74) is 0. The number of ether oxygens (including phenoxy) is 3. The Labute approximate surface area is 94.7 Å². The van der Waals surface area contributed by atoms with Crippen LogP contribution in [0.25, 0.3) is 0 Å². The van der Waals surface area contributed by atoms with Gasteiger partial charge in [-0.05, 0) is 30.7 Å². The summed E-state index contributed by atoms with van der Waals surface area (Å²) in [4.78, 5) is 0. The number of fused-ring (bicyclic) bond motifs is 1. The van der Waals surface area contributed by atoms with Crippen LogP contribution in [-0.4, -0.2) is 19.2 Å². The van der Waals surface area contributed by atoms with Crippen LogP contribution in [0.1, 0.15) is 12.8 Å². The van der Waals surface area contributed by atoms with Crippen molar-refractivity contribution < 1.29 is 14.2 Å². The van der Waals surface area contributed by atoms with Gasteiger partial charge in [-0.2, -0.15) is 12.6 Å². The summed E-state index contributed by atoms with van der Waals surface area (Å²) in [5, 5.41) is 0. The molecular formula is C11H14O3S. The molecule has 0 N–H and O–H groups in total. The van der Waals surface area contributed by atoms with Gasteiger partial charge in [-0.15, -0.1) is 0 Å². The molecule has 1 aliphatic rings. The smallest absolute Gasteiger partial charge is 0.231 e. The molecule has 0 radical (unpaired) electrons. The van der Waals surface area contributed by atoms with E-state index < -0.39 is 0 Å². The molecule has 1 heterocycles. The highest BCUT2D eigenvalue weighted by molar-refractivity contribution is 7.80. The van der Waals surface area contributed by atoms with E-state index in [-0.39, 0.29) is 0 Å². The molecular weight excluding hydrogens is 212 g/mol. The second-order valence-corrected chi connectivity index (χ2v) is 3.74. The summed E-state index contributed by atoms with van der Waals surface area (Å²) in [6.45, 7) is 1.03. The van der Waals surface area contributed by atoms with Crippen molar-refractivity contribution in [1.82, 2.24) is 0 Å². The van der Waals surface area contributed by atoms with Gasteiger partial charge in [-0.25, -0.2) is 0 Å². The van der Waals surface area contributed by atoms with Crippen molar-refractivity contribution in [2.45, 2.75) is 12.8 Å². The number of benzene rings is 1. The lowest BCUT2D eigenvalue weighted by Crippen LogP contribution is -1.97. The fourth-order valence-corrected chi connectivity index (χ4v) is 1.59. The Bertz CT molecular complexity index is 328. The molecule has 0 fully saturated rings. The minimum Gasteiger partial charge on any atom is -0.493 e. The van der Waals surface area contributed by atoms with Crippen LogP contribution in [-0.2, 0) is 0 Å². The van der Waals surface area contributed by atoms with Crippen molar-refractivity contribution in [1.29, 1.82) is 0 Å². The molecule has 0 aliphatic carbocycles. The van der Waals surface area contributed by atoms with E-state index in [1.54, 1.807) is 0 Å². The molecule has 1 aromatic rings. The molecule has 0 saturated carbocycles. The maximum Gasteiger partial charge on any atom is 0.231 e. The fourth-order valence-electron chi connectivity index (χ4n) is 1.37. The molecule has 0 aromatic heterocycles. The van der Waals surface area contributed by atoms with Crippen LogP contribution in [0, 0.1) is 0 Å². The van der Waals surface area contributed by atoms with E-state index in [4.69, 9.17) is 14.2 Å². The third-order valence-corrected chi connectivity index (χ3v) is 2.48. The quantitative estimate of drug-likeness (QED) is 0.617.